The summed E-state index contributed by atoms with van der Waals surface area (Å²) in [5.41, 5.74) is 1.13. The van der Waals surface area contributed by atoms with Crippen molar-refractivity contribution in [3.8, 4) is 0 Å². The van der Waals surface area contributed by atoms with Gasteiger partial charge in [0.15, 0.2) is 0 Å². The van der Waals surface area contributed by atoms with E-state index in [9.17, 15) is 19.2 Å². The number of carbonyl (C=O) groups excluding carboxylic acids is 4. The van der Waals surface area contributed by atoms with Crippen molar-refractivity contribution in [1.82, 2.24) is 21.3 Å². The average molecular weight is 595 g/mol. The highest BCUT2D eigenvalue weighted by molar-refractivity contribution is 5.88. The van der Waals surface area contributed by atoms with Crippen LogP contribution in [0.1, 0.15) is 58.6 Å². The number of benzene rings is 2. The molecule has 0 bridgehead atoms. The average Bonchev–Trinajstić information content (AvgIpc) is 2.93. The monoisotopic (exact) mass is 594 g/mol. The van der Waals surface area contributed by atoms with E-state index in [1.807, 2.05) is 74.5 Å². The minimum atomic E-state index is -0.905. The highest BCUT2D eigenvalue weighted by atomic mass is 16.6. The number of alkyl carbamates (subject to hydrolysis) is 1. The standard InChI is InChI=1S/C33H46N4O6/c1-24(2)35-29(38)19-18-27(21-25-13-8-6-9-14-25)36-31(40)28(37-32(41)43-33(3,4)5)17-12-20-34-22-30(39)42-23-26-15-10-7-11-16-26/h6-11,13-16,18-19,24,27-28,34H,12,17,20-23H2,1-5H3,(H,35,38)(H,36,40)(H,37,41)/b19-18+. The summed E-state index contributed by atoms with van der Waals surface area (Å²) in [4.78, 5) is 50.4. The van der Waals surface area contributed by atoms with E-state index in [0.29, 0.717) is 19.4 Å². The van der Waals surface area contributed by atoms with Gasteiger partial charge in [-0.25, -0.2) is 4.79 Å². The van der Waals surface area contributed by atoms with Crippen LogP contribution in [0.3, 0.4) is 0 Å². The number of ether oxygens (including phenoxy) is 2. The fourth-order valence-electron chi connectivity index (χ4n) is 3.98. The van der Waals surface area contributed by atoms with E-state index in [-0.39, 0.29) is 37.5 Å². The van der Waals surface area contributed by atoms with E-state index in [1.165, 1.54) is 6.08 Å². The van der Waals surface area contributed by atoms with E-state index in [2.05, 4.69) is 21.3 Å². The Morgan fingerprint density at radius 3 is 2.09 bits per heavy atom. The van der Waals surface area contributed by atoms with Crippen LogP contribution in [0.25, 0.3) is 0 Å². The first-order valence-electron chi connectivity index (χ1n) is 14.6. The first kappa shape index (κ1) is 35.0. The third-order valence-electron chi connectivity index (χ3n) is 5.90. The Morgan fingerprint density at radius 2 is 1.49 bits per heavy atom. The van der Waals surface area contributed by atoms with Crippen LogP contribution in [-0.4, -0.2) is 60.7 Å². The van der Waals surface area contributed by atoms with Crippen LogP contribution in [0.2, 0.25) is 0 Å². The van der Waals surface area contributed by atoms with Crippen LogP contribution in [0.5, 0.6) is 0 Å². The summed E-state index contributed by atoms with van der Waals surface area (Å²) in [5.74, 6) is -1.07. The van der Waals surface area contributed by atoms with Crippen LogP contribution in [0.4, 0.5) is 4.79 Å². The molecule has 2 atom stereocenters. The molecule has 0 saturated heterocycles. The molecule has 0 aliphatic heterocycles. The molecule has 4 N–H and O–H groups in total. The molecule has 0 spiro atoms. The first-order chi connectivity index (χ1) is 20.4. The maximum absolute atomic E-state index is 13.4. The predicted molar refractivity (Wildman–Crippen MR) is 166 cm³/mol. The Hall–Kier alpha value is -4.18. The lowest BCUT2D eigenvalue weighted by molar-refractivity contribution is -0.143. The molecule has 2 aromatic rings. The molecule has 2 rings (SSSR count). The maximum Gasteiger partial charge on any atom is 0.408 e. The van der Waals surface area contributed by atoms with Gasteiger partial charge in [-0.05, 0) is 71.6 Å². The Morgan fingerprint density at radius 1 is 0.860 bits per heavy atom. The third-order valence-corrected chi connectivity index (χ3v) is 5.90. The lowest BCUT2D eigenvalue weighted by Crippen LogP contribution is -2.51. The molecule has 234 valence electrons. The number of esters is 1. The maximum atomic E-state index is 13.4. The van der Waals surface area contributed by atoms with Crippen LogP contribution in [0.15, 0.2) is 72.8 Å². The fourth-order valence-corrected chi connectivity index (χ4v) is 3.98. The zero-order valence-corrected chi connectivity index (χ0v) is 25.9. The number of hydrogen-bond acceptors (Lipinski definition) is 7. The lowest BCUT2D eigenvalue weighted by Gasteiger charge is -2.25. The molecule has 2 aromatic carbocycles. The summed E-state index contributed by atoms with van der Waals surface area (Å²) in [6.07, 6.45) is 3.56. The highest BCUT2D eigenvalue weighted by Crippen LogP contribution is 2.09. The van der Waals surface area contributed by atoms with Gasteiger partial charge in [-0.1, -0.05) is 66.7 Å². The van der Waals surface area contributed by atoms with Crippen LogP contribution < -0.4 is 21.3 Å². The van der Waals surface area contributed by atoms with Gasteiger partial charge in [0.05, 0.1) is 12.6 Å². The summed E-state index contributed by atoms with van der Waals surface area (Å²) in [7, 11) is 0. The fraction of sp³-hybridized carbons (Fsp3) is 0.455. The van der Waals surface area contributed by atoms with Gasteiger partial charge in [-0.3, -0.25) is 14.4 Å². The van der Waals surface area contributed by atoms with E-state index in [0.717, 1.165) is 11.1 Å². The van der Waals surface area contributed by atoms with Gasteiger partial charge in [0.1, 0.15) is 18.2 Å². The summed E-state index contributed by atoms with van der Waals surface area (Å²) < 4.78 is 10.7. The molecule has 0 radical (unpaired) electrons. The van der Waals surface area contributed by atoms with Gasteiger partial charge in [0.25, 0.3) is 0 Å². The molecule has 2 unspecified atom stereocenters. The SMILES string of the molecule is CC(C)NC(=O)/C=C/C(Cc1ccccc1)NC(=O)C(CCCNCC(=O)OCc1ccccc1)NC(=O)OC(C)(C)C. The third kappa shape index (κ3) is 16.1. The van der Waals surface area contributed by atoms with Crippen LogP contribution in [-0.2, 0) is 36.9 Å². The van der Waals surface area contributed by atoms with Gasteiger partial charge >= 0.3 is 12.1 Å². The minimum absolute atomic E-state index is 0.0194. The Labute approximate surface area is 255 Å². The molecule has 3 amide bonds. The number of amides is 3. The Kier molecular flexibility index (Phi) is 15.0. The van der Waals surface area contributed by atoms with Gasteiger partial charge in [-0.15, -0.1) is 0 Å². The summed E-state index contributed by atoms with van der Waals surface area (Å²) in [6.45, 7) is 9.59. The summed E-state index contributed by atoms with van der Waals surface area (Å²) in [5, 5.41) is 11.5. The van der Waals surface area contributed by atoms with Crippen LogP contribution in [0, 0.1) is 0 Å². The molecule has 10 heteroatoms. The van der Waals surface area contributed by atoms with Gasteiger partial charge in [0.2, 0.25) is 11.8 Å². The van der Waals surface area contributed by atoms with Crippen molar-refractivity contribution in [2.75, 3.05) is 13.1 Å². The molecule has 0 aromatic heterocycles. The minimum Gasteiger partial charge on any atom is -0.460 e. The smallest absolute Gasteiger partial charge is 0.408 e. The zero-order chi connectivity index (χ0) is 31.7. The number of hydrogen-bond donors (Lipinski definition) is 4. The van der Waals surface area contributed by atoms with Crippen molar-refractivity contribution in [2.24, 2.45) is 0 Å². The summed E-state index contributed by atoms with van der Waals surface area (Å²) in [6, 6.07) is 17.6. The molecule has 10 nitrogen and oxygen atoms in total. The van der Waals surface area contributed by atoms with Crippen molar-refractivity contribution in [3.63, 3.8) is 0 Å². The quantitative estimate of drug-likeness (QED) is 0.132. The second-order valence-corrected chi connectivity index (χ2v) is 11.5. The van der Waals surface area contributed by atoms with Crippen molar-refractivity contribution in [1.29, 1.82) is 0 Å². The zero-order valence-electron chi connectivity index (χ0n) is 25.9. The van der Waals surface area contributed by atoms with E-state index >= 15 is 0 Å². The Balaban J connectivity index is 2.00. The highest BCUT2D eigenvalue weighted by Gasteiger charge is 2.25. The van der Waals surface area contributed by atoms with E-state index < -0.39 is 29.7 Å². The molecule has 0 aliphatic rings. The molecular weight excluding hydrogens is 548 g/mol. The number of carbonyl (C=O) groups is 4. The normalized spacial score (nSPS) is 12.8. The number of rotatable bonds is 16. The number of nitrogens with one attached hydrogen (secondary N) is 4. The van der Waals surface area contributed by atoms with Gasteiger partial charge < -0.3 is 30.7 Å². The molecule has 0 saturated carbocycles. The van der Waals surface area contributed by atoms with E-state index in [1.54, 1.807) is 26.8 Å². The molecular formula is C33H46N4O6. The molecule has 0 fully saturated rings. The van der Waals surface area contributed by atoms with Gasteiger partial charge in [-0.2, -0.15) is 0 Å². The Bertz CT molecular complexity index is 1180. The molecule has 0 aliphatic carbocycles. The second kappa shape index (κ2) is 18.4. The van der Waals surface area contributed by atoms with Crippen molar-refractivity contribution in [3.05, 3.63) is 83.9 Å². The second-order valence-electron chi connectivity index (χ2n) is 11.5. The van der Waals surface area contributed by atoms with Crippen LogP contribution >= 0.6 is 0 Å². The van der Waals surface area contributed by atoms with Crippen molar-refractivity contribution >= 4 is 23.9 Å². The first-order valence-corrected chi connectivity index (χ1v) is 14.6. The topological polar surface area (TPSA) is 135 Å². The summed E-state index contributed by atoms with van der Waals surface area (Å²) >= 11 is 0. The molecule has 43 heavy (non-hydrogen) atoms. The van der Waals surface area contributed by atoms with Crippen molar-refractivity contribution in [2.45, 2.75) is 84.2 Å². The van der Waals surface area contributed by atoms with Crippen molar-refractivity contribution < 1.29 is 28.7 Å². The molecule has 0 heterocycles. The predicted octanol–water partition coefficient (Wildman–Crippen LogP) is 3.80. The van der Waals surface area contributed by atoms with E-state index in [4.69, 9.17) is 9.47 Å². The van der Waals surface area contributed by atoms with Gasteiger partial charge in [0, 0.05) is 12.1 Å². The lowest BCUT2D eigenvalue weighted by atomic mass is 10.0. The largest absolute Gasteiger partial charge is 0.460 e.